The minimum absolute atomic E-state index is 0.204. The van der Waals surface area contributed by atoms with Gasteiger partial charge in [0.15, 0.2) is 0 Å². The second-order valence-electron chi connectivity index (χ2n) is 5.20. The maximum atomic E-state index is 10.1. The summed E-state index contributed by atoms with van der Waals surface area (Å²) < 4.78 is 5.51. The number of rotatable bonds is 1. The van der Waals surface area contributed by atoms with Gasteiger partial charge in [-0.3, -0.25) is 4.90 Å². The van der Waals surface area contributed by atoms with E-state index in [1.165, 1.54) is 6.42 Å². The van der Waals surface area contributed by atoms with Crippen molar-refractivity contribution in [2.75, 3.05) is 39.9 Å². The van der Waals surface area contributed by atoms with Crippen LogP contribution in [0, 0.1) is 0 Å². The number of nitrogens with zero attached hydrogens (tertiary/aromatic N) is 2. The molecule has 3 unspecified atom stereocenters. The van der Waals surface area contributed by atoms with Gasteiger partial charge in [-0.15, -0.1) is 0 Å². The van der Waals surface area contributed by atoms with Crippen molar-refractivity contribution >= 4 is 0 Å². The molecule has 4 nitrogen and oxygen atoms in total. The van der Waals surface area contributed by atoms with Gasteiger partial charge in [-0.25, -0.2) is 0 Å². The standard InChI is InChI=1S/C12H24N2O2/c1-10-8-13(2)5-3-6-14(10)11-9-16-7-4-12(11)15/h10-12,15H,3-9H2,1-2H3. The smallest absolute Gasteiger partial charge is 0.0739 e. The average Bonchev–Trinajstić information content (AvgIpc) is 2.40. The molecule has 0 spiro atoms. The quantitative estimate of drug-likeness (QED) is 0.694. The van der Waals surface area contributed by atoms with Crippen LogP contribution in [0.5, 0.6) is 0 Å². The van der Waals surface area contributed by atoms with Gasteiger partial charge >= 0.3 is 0 Å². The van der Waals surface area contributed by atoms with Gasteiger partial charge in [0.05, 0.1) is 18.8 Å². The first-order chi connectivity index (χ1) is 7.68. The summed E-state index contributed by atoms with van der Waals surface area (Å²) in [5, 5.41) is 10.1. The largest absolute Gasteiger partial charge is 0.391 e. The molecule has 2 rings (SSSR count). The molecule has 0 amide bonds. The van der Waals surface area contributed by atoms with Crippen LogP contribution in [0.3, 0.4) is 0 Å². The summed E-state index contributed by atoms with van der Waals surface area (Å²) in [4.78, 5) is 4.81. The van der Waals surface area contributed by atoms with E-state index in [1.54, 1.807) is 0 Å². The van der Waals surface area contributed by atoms with Crippen molar-refractivity contribution in [3.63, 3.8) is 0 Å². The predicted octanol–water partition coefficient (Wildman–Crippen LogP) is 0.162. The van der Waals surface area contributed by atoms with Crippen molar-refractivity contribution in [3.05, 3.63) is 0 Å². The highest BCUT2D eigenvalue weighted by Gasteiger charge is 2.33. The first kappa shape index (κ1) is 12.3. The van der Waals surface area contributed by atoms with Crippen LogP contribution in [-0.2, 0) is 4.74 Å². The fraction of sp³-hybridized carbons (Fsp3) is 1.00. The zero-order chi connectivity index (χ0) is 11.5. The fourth-order valence-electron chi connectivity index (χ4n) is 2.91. The topological polar surface area (TPSA) is 35.9 Å². The lowest BCUT2D eigenvalue weighted by Gasteiger charge is -2.40. The van der Waals surface area contributed by atoms with Gasteiger partial charge in [-0.1, -0.05) is 0 Å². The number of hydrogen-bond donors (Lipinski definition) is 1. The highest BCUT2D eigenvalue weighted by atomic mass is 16.5. The zero-order valence-corrected chi connectivity index (χ0v) is 10.4. The fourth-order valence-corrected chi connectivity index (χ4v) is 2.91. The molecule has 0 aliphatic carbocycles. The molecule has 2 aliphatic heterocycles. The van der Waals surface area contributed by atoms with Crippen molar-refractivity contribution in [2.45, 2.75) is 38.0 Å². The van der Waals surface area contributed by atoms with Gasteiger partial charge in [0, 0.05) is 25.7 Å². The summed E-state index contributed by atoms with van der Waals surface area (Å²) in [6, 6.07) is 0.712. The van der Waals surface area contributed by atoms with E-state index in [2.05, 4.69) is 23.8 Å². The van der Waals surface area contributed by atoms with Gasteiger partial charge in [0.25, 0.3) is 0 Å². The van der Waals surface area contributed by atoms with Gasteiger partial charge in [-0.2, -0.15) is 0 Å². The first-order valence-corrected chi connectivity index (χ1v) is 6.38. The molecular weight excluding hydrogens is 204 g/mol. The Morgan fingerprint density at radius 2 is 2.12 bits per heavy atom. The molecule has 4 heteroatoms. The number of aliphatic hydroxyl groups excluding tert-OH is 1. The number of likely N-dealkylation sites (N-methyl/N-ethyl adjacent to an activating group) is 1. The summed E-state index contributed by atoms with van der Waals surface area (Å²) in [5.41, 5.74) is 0. The number of hydrogen-bond acceptors (Lipinski definition) is 4. The lowest BCUT2D eigenvalue weighted by molar-refractivity contribution is -0.0705. The second kappa shape index (κ2) is 5.45. The molecule has 94 valence electrons. The maximum absolute atomic E-state index is 10.1. The van der Waals surface area contributed by atoms with Crippen LogP contribution in [-0.4, -0.2) is 73.0 Å². The van der Waals surface area contributed by atoms with Crippen molar-refractivity contribution in [2.24, 2.45) is 0 Å². The maximum Gasteiger partial charge on any atom is 0.0739 e. The Morgan fingerprint density at radius 1 is 1.31 bits per heavy atom. The SMILES string of the molecule is CC1CN(C)CCCN1C1COCCC1O. The molecule has 0 bridgehead atoms. The molecule has 0 saturated carbocycles. The third kappa shape index (κ3) is 2.74. The van der Waals surface area contributed by atoms with E-state index in [-0.39, 0.29) is 12.1 Å². The van der Waals surface area contributed by atoms with Gasteiger partial charge in [0.2, 0.25) is 0 Å². The highest BCUT2D eigenvalue weighted by molar-refractivity contribution is 4.87. The molecular formula is C12H24N2O2. The second-order valence-corrected chi connectivity index (χ2v) is 5.20. The molecule has 0 aromatic heterocycles. The normalized spacial score (nSPS) is 39.6. The van der Waals surface area contributed by atoms with Gasteiger partial charge in [-0.05, 0) is 33.4 Å². The summed E-state index contributed by atoms with van der Waals surface area (Å²) in [6.07, 6.45) is 1.76. The Kier molecular flexibility index (Phi) is 4.19. The third-order valence-corrected chi connectivity index (χ3v) is 3.81. The van der Waals surface area contributed by atoms with Crippen LogP contribution in [0.2, 0.25) is 0 Å². The van der Waals surface area contributed by atoms with Crippen molar-refractivity contribution in [1.29, 1.82) is 0 Å². The minimum Gasteiger partial charge on any atom is -0.391 e. The van der Waals surface area contributed by atoms with Gasteiger partial charge < -0.3 is 14.7 Å². The van der Waals surface area contributed by atoms with Crippen LogP contribution in [0.4, 0.5) is 0 Å². The van der Waals surface area contributed by atoms with Crippen LogP contribution in [0.15, 0.2) is 0 Å². The zero-order valence-electron chi connectivity index (χ0n) is 10.4. The van der Waals surface area contributed by atoms with E-state index >= 15 is 0 Å². The lowest BCUT2D eigenvalue weighted by atomic mass is 10.0. The molecule has 0 radical (unpaired) electrons. The number of aliphatic hydroxyl groups is 1. The van der Waals surface area contributed by atoms with Crippen LogP contribution in [0.25, 0.3) is 0 Å². The third-order valence-electron chi connectivity index (χ3n) is 3.81. The molecule has 16 heavy (non-hydrogen) atoms. The molecule has 3 atom stereocenters. The summed E-state index contributed by atoms with van der Waals surface area (Å²) in [5.74, 6) is 0. The molecule has 1 N–H and O–H groups in total. The van der Waals surface area contributed by atoms with Crippen LogP contribution in [0.1, 0.15) is 19.8 Å². The summed E-state index contributed by atoms with van der Waals surface area (Å²) in [6.45, 7) is 6.97. The lowest BCUT2D eigenvalue weighted by Crippen LogP contribution is -2.54. The van der Waals surface area contributed by atoms with E-state index in [0.29, 0.717) is 19.3 Å². The Labute approximate surface area is 98.2 Å². The average molecular weight is 228 g/mol. The van der Waals surface area contributed by atoms with Crippen molar-refractivity contribution in [1.82, 2.24) is 9.80 Å². The summed E-state index contributed by atoms with van der Waals surface area (Å²) >= 11 is 0. The van der Waals surface area contributed by atoms with Crippen LogP contribution < -0.4 is 0 Å². The Hall–Kier alpha value is -0.160. The predicted molar refractivity (Wildman–Crippen MR) is 63.5 cm³/mol. The molecule has 2 heterocycles. The van der Waals surface area contributed by atoms with Crippen LogP contribution >= 0.6 is 0 Å². The van der Waals surface area contributed by atoms with Crippen molar-refractivity contribution < 1.29 is 9.84 Å². The Morgan fingerprint density at radius 3 is 2.88 bits per heavy atom. The van der Waals surface area contributed by atoms with E-state index in [0.717, 1.165) is 26.1 Å². The summed E-state index contributed by atoms with van der Waals surface area (Å²) in [7, 11) is 2.17. The molecule has 2 fully saturated rings. The highest BCUT2D eigenvalue weighted by Crippen LogP contribution is 2.19. The first-order valence-electron chi connectivity index (χ1n) is 6.38. The van der Waals surface area contributed by atoms with E-state index < -0.39 is 0 Å². The molecule has 2 aliphatic rings. The minimum atomic E-state index is -0.209. The number of ether oxygens (including phenoxy) is 1. The Balaban J connectivity index is 2.00. The van der Waals surface area contributed by atoms with E-state index in [1.807, 2.05) is 0 Å². The monoisotopic (exact) mass is 228 g/mol. The molecule has 2 saturated heterocycles. The van der Waals surface area contributed by atoms with E-state index in [4.69, 9.17) is 4.74 Å². The van der Waals surface area contributed by atoms with Gasteiger partial charge in [0.1, 0.15) is 0 Å². The molecule has 0 aromatic carbocycles. The van der Waals surface area contributed by atoms with E-state index in [9.17, 15) is 5.11 Å². The Bertz CT molecular complexity index is 225. The van der Waals surface area contributed by atoms with Crippen molar-refractivity contribution in [3.8, 4) is 0 Å². The molecule has 0 aromatic rings.